The van der Waals surface area contributed by atoms with Crippen LogP contribution in [0, 0.1) is 5.92 Å². The summed E-state index contributed by atoms with van der Waals surface area (Å²) in [5.41, 5.74) is 1.30. The van der Waals surface area contributed by atoms with Crippen molar-refractivity contribution in [3.05, 3.63) is 23.8 Å². The molecule has 2 rings (SSSR count). The molecule has 0 bridgehead atoms. The molecule has 1 heterocycles. The van der Waals surface area contributed by atoms with E-state index in [2.05, 4.69) is 26.0 Å². The molecule has 2 nitrogen and oxygen atoms in total. The first-order valence-electron chi connectivity index (χ1n) is 6.68. The normalized spacial score (nSPS) is 15.6. The van der Waals surface area contributed by atoms with Gasteiger partial charge in [0, 0.05) is 0 Å². The van der Waals surface area contributed by atoms with Gasteiger partial charge in [-0.2, -0.15) is 0 Å². The van der Waals surface area contributed by atoms with Gasteiger partial charge in [-0.1, -0.05) is 38.8 Å². The van der Waals surface area contributed by atoms with Crippen LogP contribution in [0.5, 0.6) is 11.5 Å². The summed E-state index contributed by atoms with van der Waals surface area (Å²) in [6.07, 6.45) is 4.89. The molecule has 0 saturated carbocycles. The second-order valence-electron chi connectivity index (χ2n) is 4.85. The second kappa shape index (κ2) is 5.95. The smallest absolute Gasteiger partial charge is 0.164 e. The number of rotatable bonds is 5. The van der Waals surface area contributed by atoms with Gasteiger partial charge in [-0.15, -0.1) is 0 Å². The SMILES string of the molecule is CCC(C)CCCc1cccc2c1OCCO2. The molecule has 0 N–H and O–H groups in total. The first-order chi connectivity index (χ1) is 8.31. The van der Waals surface area contributed by atoms with Crippen LogP contribution in [-0.2, 0) is 6.42 Å². The Morgan fingerprint density at radius 3 is 2.88 bits per heavy atom. The lowest BCUT2D eigenvalue weighted by molar-refractivity contribution is 0.170. The van der Waals surface area contributed by atoms with Gasteiger partial charge in [-0.05, 0) is 30.4 Å². The molecule has 1 aromatic carbocycles. The lowest BCUT2D eigenvalue weighted by atomic mass is 9.98. The minimum Gasteiger partial charge on any atom is -0.486 e. The van der Waals surface area contributed by atoms with Crippen molar-refractivity contribution >= 4 is 0 Å². The van der Waals surface area contributed by atoms with E-state index in [0.717, 1.165) is 23.8 Å². The number of fused-ring (bicyclic) bond motifs is 1. The van der Waals surface area contributed by atoms with Gasteiger partial charge in [-0.3, -0.25) is 0 Å². The Morgan fingerprint density at radius 2 is 2.06 bits per heavy atom. The van der Waals surface area contributed by atoms with E-state index in [1.54, 1.807) is 0 Å². The third-order valence-corrected chi connectivity index (χ3v) is 3.49. The van der Waals surface area contributed by atoms with Gasteiger partial charge in [0.1, 0.15) is 13.2 Å². The Hall–Kier alpha value is -1.18. The van der Waals surface area contributed by atoms with Crippen LogP contribution in [0.15, 0.2) is 18.2 Å². The highest BCUT2D eigenvalue weighted by atomic mass is 16.6. The molecular formula is C15H22O2. The maximum absolute atomic E-state index is 5.71. The summed E-state index contributed by atoms with van der Waals surface area (Å²) in [6.45, 7) is 5.92. The first kappa shape index (κ1) is 12.3. The van der Waals surface area contributed by atoms with Crippen LogP contribution in [0.25, 0.3) is 0 Å². The zero-order valence-corrected chi connectivity index (χ0v) is 10.9. The van der Waals surface area contributed by atoms with E-state index < -0.39 is 0 Å². The van der Waals surface area contributed by atoms with E-state index in [-0.39, 0.29) is 0 Å². The first-order valence-corrected chi connectivity index (χ1v) is 6.68. The fraction of sp³-hybridized carbons (Fsp3) is 0.600. The molecule has 1 unspecified atom stereocenters. The van der Waals surface area contributed by atoms with Crippen LogP contribution < -0.4 is 9.47 Å². The lowest BCUT2D eigenvalue weighted by Crippen LogP contribution is -2.16. The molecule has 17 heavy (non-hydrogen) atoms. The Bertz CT molecular complexity index is 360. The van der Waals surface area contributed by atoms with Crippen molar-refractivity contribution in [2.24, 2.45) is 5.92 Å². The molecule has 1 atom stereocenters. The second-order valence-corrected chi connectivity index (χ2v) is 4.85. The predicted octanol–water partition coefficient (Wildman–Crippen LogP) is 3.83. The molecule has 1 aromatic rings. The molecule has 0 spiro atoms. The number of para-hydroxylation sites is 1. The molecular weight excluding hydrogens is 212 g/mol. The third kappa shape index (κ3) is 3.15. The summed E-state index contributed by atoms with van der Waals surface area (Å²) in [5, 5.41) is 0. The summed E-state index contributed by atoms with van der Waals surface area (Å²) in [7, 11) is 0. The van der Waals surface area contributed by atoms with Gasteiger partial charge >= 0.3 is 0 Å². The van der Waals surface area contributed by atoms with Crippen molar-refractivity contribution in [1.29, 1.82) is 0 Å². The summed E-state index contributed by atoms with van der Waals surface area (Å²) in [6, 6.07) is 6.21. The van der Waals surface area contributed by atoms with Gasteiger partial charge in [0.2, 0.25) is 0 Å². The van der Waals surface area contributed by atoms with Crippen LogP contribution in [0.3, 0.4) is 0 Å². The Morgan fingerprint density at radius 1 is 1.24 bits per heavy atom. The molecule has 0 aliphatic carbocycles. The molecule has 0 radical (unpaired) electrons. The van der Waals surface area contributed by atoms with Crippen molar-refractivity contribution < 1.29 is 9.47 Å². The maximum Gasteiger partial charge on any atom is 0.164 e. The number of benzene rings is 1. The molecule has 1 aliphatic rings. The van der Waals surface area contributed by atoms with Gasteiger partial charge in [0.05, 0.1) is 0 Å². The molecule has 0 aromatic heterocycles. The third-order valence-electron chi connectivity index (χ3n) is 3.49. The van der Waals surface area contributed by atoms with Crippen molar-refractivity contribution in [2.75, 3.05) is 13.2 Å². The van der Waals surface area contributed by atoms with Crippen LogP contribution >= 0.6 is 0 Å². The van der Waals surface area contributed by atoms with Crippen molar-refractivity contribution in [3.63, 3.8) is 0 Å². The highest BCUT2D eigenvalue weighted by Gasteiger charge is 2.15. The molecule has 0 saturated heterocycles. The standard InChI is InChI=1S/C15H22O2/c1-3-12(2)6-4-7-13-8-5-9-14-15(13)17-11-10-16-14/h5,8-9,12H,3-4,6-7,10-11H2,1-2H3. The minimum absolute atomic E-state index is 0.670. The fourth-order valence-corrected chi connectivity index (χ4v) is 2.18. The maximum atomic E-state index is 5.71. The summed E-state index contributed by atoms with van der Waals surface area (Å²) < 4.78 is 11.3. The van der Waals surface area contributed by atoms with Crippen LogP contribution in [0.2, 0.25) is 0 Å². The van der Waals surface area contributed by atoms with E-state index in [4.69, 9.17) is 9.47 Å². The van der Waals surface area contributed by atoms with E-state index in [0.29, 0.717) is 13.2 Å². The van der Waals surface area contributed by atoms with Crippen LogP contribution in [0.4, 0.5) is 0 Å². The van der Waals surface area contributed by atoms with E-state index >= 15 is 0 Å². The van der Waals surface area contributed by atoms with Crippen molar-refractivity contribution in [2.45, 2.75) is 39.5 Å². The molecule has 1 aliphatic heterocycles. The number of hydrogen-bond donors (Lipinski definition) is 0. The predicted molar refractivity (Wildman–Crippen MR) is 69.8 cm³/mol. The van der Waals surface area contributed by atoms with E-state index in [1.807, 2.05) is 6.07 Å². The Balaban J connectivity index is 1.96. The summed E-state index contributed by atoms with van der Waals surface area (Å²) in [4.78, 5) is 0. The van der Waals surface area contributed by atoms with Gasteiger partial charge in [0.25, 0.3) is 0 Å². The lowest BCUT2D eigenvalue weighted by Gasteiger charge is -2.21. The average molecular weight is 234 g/mol. The molecule has 94 valence electrons. The molecule has 0 fully saturated rings. The summed E-state index contributed by atoms with van der Waals surface area (Å²) in [5.74, 6) is 2.71. The average Bonchev–Trinajstić information content (AvgIpc) is 2.39. The van der Waals surface area contributed by atoms with E-state index in [9.17, 15) is 0 Å². The largest absolute Gasteiger partial charge is 0.486 e. The fourth-order valence-electron chi connectivity index (χ4n) is 2.18. The quantitative estimate of drug-likeness (QED) is 0.771. The van der Waals surface area contributed by atoms with Crippen molar-refractivity contribution in [3.8, 4) is 11.5 Å². The Labute approximate surface area is 104 Å². The van der Waals surface area contributed by atoms with Crippen LogP contribution in [-0.4, -0.2) is 13.2 Å². The number of ether oxygens (including phenoxy) is 2. The van der Waals surface area contributed by atoms with Crippen LogP contribution in [0.1, 0.15) is 38.7 Å². The topological polar surface area (TPSA) is 18.5 Å². The van der Waals surface area contributed by atoms with E-state index in [1.165, 1.54) is 24.8 Å². The van der Waals surface area contributed by atoms with Gasteiger partial charge < -0.3 is 9.47 Å². The zero-order chi connectivity index (χ0) is 12.1. The van der Waals surface area contributed by atoms with Gasteiger partial charge in [0.15, 0.2) is 11.5 Å². The zero-order valence-electron chi connectivity index (χ0n) is 10.9. The minimum atomic E-state index is 0.670. The van der Waals surface area contributed by atoms with Gasteiger partial charge in [-0.25, -0.2) is 0 Å². The number of hydrogen-bond acceptors (Lipinski definition) is 2. The number of aryl methyl sites for hydroxylation is 1. The van der Waals surface area contributed by atoms with Crippen molar-refractivity contribution in [1.82, 2.24) is 0 Å². The monoisotopic (exact) mass is 234 g/mol. The summed E-state index contributed by atoms with van der Waals surface area (Å²) >= 11 is 0. The highest BCUT2D eigenvalue weighted by Crippen LogP contribution is 2.34. The highest BCUT2D eigenvalue weighted by molar-refractivity contribution is 5.47. The molecule has 2 heteroatoms. The molecule has 0 amide bonds. The Kier molecular flexibility index (Phi) is 4.29.